The molecule has 0 aromatic heterocycles. The summed E-state index contributed by atoms with van der Waals surface area (Å²) in [6.45, 7) is 9.39. The van der Waals surface area contributed by atoms with E-state index < -0.39 is 0 Å². The minimum Gasteiger partial charge on any atom is -0.330 e. The molecule has 0 saturated heterocycles. The number of hydrogen-bond donors (Lipinski definition) is 3. The van der Waals surface area contributed by atoms with Crippen LogP contribution in [0.2, 0.25) is 0 Å². The van der Waals surface area contributed by atoms with Crippen molar-refractivity contribution in [2.75, 3.05) is 19.6 Å². The van der Waals surface area contributed by atoms with Gasteiger partial charge in [0.2, 0.25) is 0 Å². The maximum atomic E-state index is 5.39. The van der Waals surface area contributed by atoms with Crippen molar-refractivity contribution in [1.29, 1.82) is 0 Å². The van der Waals surface area contributed by atoms with Crippen molar-refractivity contribution in [2.24, 2.45) is 17.2 Å². The molecule has 0 aliphatic carbocycles. The third-order valence-electron chi connectivity index (χ3n) is 6.17. The van der Waals surface area contributed by atoms with Gasteiger partial charge in [0.25, 0.3) is 0 Å². The van der Waals surface area contributed by atoms with Crippen molar-refractivity contribution in [2.45, 2.75) is 175 Å². The predicted octanol–water partition coefficient (Wildman–Crippen LogP) is 9.26. The molecule has 0 aromatic carbocycles. The fourth-order valence-electron chi connectivity index (χ4n) is 3.83. The van der Waals surface area contributed by atoms with E-state index in [0.29, 0.717) is 0 Å². The van der Waals surface area contributed by atoms with Gasteiger partial charge in [0, 0.05) is 0 Å². The van der Waals surface area contributed by atoms with E-state index in [2.05, 4.69) is 20.8 Å². The van der Waals surface area contributed by atoms with Crippen LogP contribution in [0.4, 0.5) is 0 Å². The minimum atomic E-state index is 0.870. The Bertz CT molecular complexity index is 204. The Kier molecular flexibility index (Phi) is 47.7. The zero-order chi connectivity index (χ0) is 25.1. The molecule has 3 nitrogen and oxygen atoms in total. The van der Waals surface area contributed by atoms with Crippen molar-refractivity contribution in [3.63, 3.8) is 0 Å². The number of unbranched alkanes of at least 4 members (excludes halogenated alkanes) is 21. The Labute approximate surface area is 211 Å². The van der Waals surface area contributed by atoms with Gasteiger partial charge in [0.15, 0.2) is 0 Å². The summed E-state index contributed by atoms with van der Waals surface area (Å²) in [6, 6.07) is 0. The molecular weight excluding hydrogens is 402 g/mol. The van der Waals surface area contributed by atoms with E-state index in [0.717, 1.165) is 19.6 Å². The molecule has 0 unspecified atom stereocenters. The molecule has 0 fully saturated rings. The van der Waals surface area contributed by atoms with E-state index in [1.807, 2.05) is 0 Å². The van der Waals surface area contributed by atoms with E-state index in [9.17, 15) is 0 Å². The van der Waals surface area contributed by atoms with E-state index in [1.165, 1.54) is 154 Å². The standard InChI is InChI=1S/3C10H23N/c3*1-2-3-4-5-6-7-8-9-10-11/h3*2-11H2,1H3. The zero-order valence-electron chi connectivity index (χ0n) is 23.8. The molecule has 6 N–H and O–H groups in total. The highest BCUT2D eigenvalue weighted by Gasteiger charge is 1.90. The highest BCUT2D eigenvalue weighted by atomic mass is 14.5. The molecule has 0 aliphatic heterocycles. The first-order chi connectivity index (χ1) is 16.2. The zero-order valence-corrected chi connectivity index (χ0v) is 23.8. The minimum absolute atomic E-state index is 0.870. The second-order valence-corrected chi connectivity index (χ2v) is 9.79. The predicted molar refractivity (Wildman–Crippen MR) is 155 cm³/mol. The lowest BCUT2D eigenvalue weighted by atomic mass is 10.1. The Hall–Kier alpha value is -0.120. The number of nitrogens with two attached hydrogens (primary N) is 3. The quantitative estimate of drug-likeness (QED) is 0.123. The lowest BCUT2D eigenvalue weighted by Crippen LogP contribution is -1.97. The second kappa shape index (κ2) is 42.1. The molecule has 3 heteroatoms. The maximum absolute atomic E-state index is 5.39. The van der Waals surface area contributed by atoms with E-state index in [4.69, 9.17) is 17.2 Å². The van der Waals surface area contributed by atoms with E-state index >= 15 is 0 Å². The Morgan fingerprint density at radius 3 is 0.545 bits per heavy atom. The third-order valence-corrected chi connectivity index (χ3v) is 6.17. The van der Waals surface area contributed by atoms with E-state index in [-0.39, 0.29) is 0 Å². The van der Waals surface area contributed by atoms with Crippen LogP contribution in [0.1, 0.15) is 175 Å². The van der Waals surface area contributed by atoms with Gasteiger partial charge in [-0.2, -0.15) is 0 Å². The van der Waals surface area contributed by atoms with Crippen molar-refractivity contribution < 1.29 is 0 Å². The largest absolute Gasteiger partial charge is 0.330 e. The first kappa shape index (κ1) is 37.4. The molecule has 0 aromatic rings. The van der Waals surface area contributed by atoms with Crippen LogP contribution in [-0.2, 0) is 0 Å². The molecule has 33 heavy (non-hydrogen) atoms. The fourth-order valence-corrected chi connectivity index (χ4v) is 3.83. The van der Waals surface area contributed by atoms with Crippen molar-refractivity contribution in [3.8, 4) is 0 Å². The lowest BCUT2D eigenvalue weighted by Gasteiger charge is -1.99. The summed E-state index contributed by atoms with van der Waals surface area (Å²) in [4.78, 5) is 0. The van der Waals surface area contributed by atoms with Gasteiger partial charge < -0.3 is 17.2 Å². The molecule has 0 saturated carbocycles. The van der Waals surface area contributed by atoms with Crippen LogP contribution in [0.3, 0.4) is 0 Å². The van der Waals surface area contributed by atoms with Gasteiger partial charge in [-0.05, 0) is 38.9 Å². The summed E-state index contributed by atoms with van der Waals surface area (Å²) >= 11 is 0. The molecule has 0 heterocycles. The average molecular weight is 472 g/mol. The van der Waals surface area contributed by atoms with Gasteiger partial charge in [-0.1, -0.05) is 156 Å². The highest BCUT2D eigenvalue weighted by molar-refractivity contribution is 4.47. The van der Waals surface area contributed by atoms with Crippen LogP contribution in [0.25, 0.3) is 0 Å². The first-order valence-electron chi connectivity index (χ1n) is 15.3. The fraction of sp³-hybridized carbons (Fsp3) is 1.00. The highest BCUT2D eigenvalue weighted by Crippen LogP contribution is 2.09. The number of rotatable bonds is 24. The second-order valence-electron chi connectivity index (χ2n) is 9.79. The molecule has 0 bridgehead atoms. The van der Waals surface area contributed by atoms with Crippen LogP contribution in [-0.4, -0.2) is 19.6 Å². The van der Waals surface area contributed by atoms with Gasteiger partial charge in [0.05, 0.1) is 0 Å². The van der Waals surface area contributed by atoms with Crippen LogP contribution in [0.5, 0.6) is 0 Å². The summed E-state index contributed by atoms with van der Waals surface area (Å²) in [5.41, 5.74) is 16.2. The summed E-state index contributed by atoms with van der Waals surface area (Å²) in [6.07, 6.45) is 32.9. The molecule has 0 atom stereocenters. The molecule has 0 rings (SSSR count). The van der Waals surface area contributed by atoms with Gasteiger partial charge in [0.1, 0.15) is 0 Å². The Morgan fingerprint density at radius 2 is 0.394 bits per heavy atom. The first-order valence-corrected chi connectivity index (χ1v) is 15.3. The Morgan fingerprint density at radius 1 is 0.242 bits per heavy atom. The van der Waals surface area contributed by atoms with Crippen LogP contribution < -0.4 is 17.2 Å². The average Bonchev–Trinajstić information content (AvgIpc) is 2.83. The SMILES string of the molecule is CCCCCCCCCCN.CCCCCCCCCCN.CCCCCCCCCCN. The smallest absolute Gasteiger partial charge is 0.00773 e. The molecule has 0 aliphatic rings. The third kappa shape index (κ3) is 49.9. The summed E-state index contributed by atoms with van der Waals surface area (Å²) in [5.74, 6) is 0. The van der Waals surface area contributed by atoms with Crippen LogP contribution >= 0.6 is 0 Å². The number of hydrogen-bond acceptors (Lipinski definition) is 3. The van der Waals surface area contributed by atoms with Gasteiger partial charge >= 0.3 is 0 Å². The summed E-state index contributed by atoms with van der Waals surface area (Å²) in [7, 11) is 0. The normalized spacial score (nSPS) is 10.4. The molecule has 204 valence electrons. The summed E-state index contributed by atoms with van der Waals surface area (Å²) in [5, 5.41) is 0. The lowest BCUT2D eigenvalue weighted by molar-refractivity contribution is 0.578. The maximum Gasteiger partial charge on any atom is -0.00773 e. The van der Waals surface area contributed by atoms with Crippen molar-refractivity contribution in [3.05, 3.63) is 0 Å². The van der Waals surface area contributed by atoms with Gasteiger partial charge in [-0.25, -0.2) is 0 Å². The van der Waals surface area contributed by atoms with Gasteiger partial charge in [-0.15, -0.1) is 0 Å². The van der Waals surface area contributed by atoms with Crippen LogP contribution in [0.15, 0.2) is 0 Å². The van der Waals surface area contributed by atoms with Crippen LogP contribution in [0, 0.1) is 0 Å². The van der Waals surface area contributed by atoms with Gasteiger partial charge in [-0.3, -0.25) is 0 Å². The molecule has 0 radical (unpaired) electrons. The Balaban J connectivity index is -0.000000409. The topological polar surface area (TPSA) is 78.1 Å². The van der Waals surface area contributed by atoms with Crippen molar-refractivity contribution >= 4 is 0 Å². The molecule has 0 amide bonds. The molecule has 0 spiro atoms. The van der Waals surface area contributed by atoms with E-state index in [1.54, 1.807) is 0 Å². The molecular formula is C30H69N3. The summed E-state index contributed by atoms with van der Waals surface area (Å²) < 4.78 is 0. The monoisotopic (exact) mass is 472 g/mol. The van der Waals surface area contributed by atoms with Crippen molar-refractivity contribution in [1.82, 2.24) is 0 Å².